The zero-order valence-corrected chi connectivity index (χ0v) is 31.4. The van der Waals surface area contributed by atoms with Crippen LogP contribution in [0.25, 0.3) is 11.1 Å². The molecule has 56 heavy (non-hydrogen) atoms. The minimum atomic E-state index is -1.15. The van der Waals surface area contributed by atoms with Gasteiger partial charge < -0.3 is 25.5 Å². The van der Waals surface area contributed by atoms with E-state index in [1.54, 1.807) is 0 Å². The van der Waals surface area contributed by atoms with E-state index in [-0.39, 0.29) is 62.6 Å². The first kappa shape index (κ1) is 39.7. The third-order valence-corrected chi connectivity index (χ3v) is 10.8. The molecular formula is C39H49N9O8. The Labute approximate surface area is 324 Å². The van der Waals surface area contributed by atoms with E-state index in [9.17, 15) is 33.6 Å². The highest BCUT2D eigenvalue weighted by Gasteiger charge is 2.44. The number of ether oxygens (including phenoxy) is 1. The number of aldehydes is 1. The second-order valence-corrected chi connectivity index (χ2v) is 14.4. The Morgan fingerprint density at radius 1 is 0.911 bits per heavy atom. The molecule has 0 radical (unpaired) electrons. The Bertz CT molecular complexity index is 1790. The van der Waals surface area contributed by atoms with Gasteiger partial charge in [0.25, 0.3) is 0 Å². The summed E-state index contributed by atoms with van der Waals surface area (Å²) in [4.78, 5) is 90.0. The smallest absolute Gasteiger partial charge is 0.426 e. The number of rotatable bonds is 13. The number of carbonyl (C=O) groups is 7. The number of carbonyl (C=O) groups excluding carboxylic acids is 7. The summed E-state index contributed by atoms with van der Waals surface area (Å²) in [6, 6.07) is 12.4. The number of nitrogens with zero attached hydrogens (tertiary/aromatic N) is 4. The maximum absolute atomic E-state index is 13.9. The van der Waals surface area contributed by atoms with Crippen molar-refractivity contribution in [3.63, 3.8) is 0 Å². The van der Waals surface area contributed by atoms with Gasteiger partial charge in [-0.05, 0) is 73.6 Å². The van der Waals surface area contributed by atoms with E-state index in [1.807, 2.05) is 55.5 Å². The van der Waals surface area contributed by atoms with Crippen LogP contribution in [-0.2, 0) is 23.9 Å². The molecule has 17 heteroatoms. The summed E-state index contributed by atoms with van der Waals surface area (Å²) in [6.45, 7) is 2.96. The number of amides is 8. The van der Waals surface area contributed by atoms with Crippen LogP contribution in [0, 0.1) is 11.8 Å². The van der Waals surface area contributed by atoms with Crippen molar-refractivity contribution in [3.8, 4) is 11.1 Å². The van der Waals surface area contributed by atoms with Gasteiger partial charge in [-0.25, -0.2) is 40.3 Å². The third kappa shape index (κ3) is 9.26. The molecule has 2 saturated heterocycles. The minimum Gasteiger partial charge on any atom is -0.447 e. The number of nitrogens with one attached hydrogen (secondary N) is 5. The van der Waals surface area contributed by atoms with Crippen molar-refractivity contribution in [2.24, 2.45) is 16.9 Å². The third-order valence-electron chi connectivity index (χ3n) is 10.8. The normalized spacial score (nSPS) is 21.2. The molecule has 2 aliphatic heterocycles. The van der Waals surface area contributed by atoms with Crippen LogP contribution in [0.5, 0.6) is 0 Å². The summed E-state index contributed by atoms with van der Waals surface area (Å²) in [5.41, 5.74) is 9.01. The summed E-state index contributed by atoms with van der Waals surface area (Å²) >= 11 is 0. The van der Waals surface area contributed by atoms with Crippen molar-refractivity contribution in [1.82, 2.24) is 41.8 Å². The molecule has 2 heterocycles. The van der Waals surface area contributed by atoms with E-state index in [2.05, 4.69) is 31.9 Å². The maximum Gasteiger partial charge on any atom is 0.426 e. The number of urea groups is 2. The SMILES string of the molecule is CCNC(=O)[C@H]1CC[C@H](CNC(=O)N/N=C/[C@H](CC=O)NC(=O)[C@@H]2CCCN3C(=O)CCN(NC(=O)OCC4c5ccccc5-c5ccccc54)C(=O)N23)CC1. The van der Waals surface area contributed by atoms with Crippen LogP contribution in [0.15, 0.2) is 53.6 Å². The molecule has 2 aliphatic carbocycles. The summed E-state index contributed by atoms with van der Waals surface area (Å²) in [6.07, 6.45) is 4.40. The zero-order chi connectivity index (χ0) is 39.6. The van der Waals surface area contributed by atoms with Crippen LogP contribution in [0.2, 0.25) is 0 Å². The van der Waals surface area contributed by atoms with E-state index >= 15 is 0 Å². The van der Waals surface area contributed by atoms with Gasteiger partial charge in [-0.1, -0.05) is 48.5 Å². The molecule has 0 bridgehead atoms. The van der Waals surface area contributed by atoms with Crippen LogP contribution in [0.1, 0.15) is 75.3 Å². The van der Waals surface area contributed by atoms with E-state index in [4.69, 9.17) is 4.74 Å². The van der Waals surface area contributed by atoms with E-state index < -0.39 is 42.1 Å². The summed E-state index contributed by atoms with van der Waals surface area (Å²) in [5.74, 6) is -0.959. The monoisotopic (exact) mass is 771 g/mol. The van der Waals surface area contributed by atoms with Crippen LogP contribution in [0.4, 0.5) is 14.4 Å². The Kier molecular flexibility index (Phi) is 13.2. The lowest BCUT2D eigenvalue weighted by Crippen LogP contribution is -2.64. The summed E-state index contributed by atoms with van der Waals surface area (Å²) in [5, 5.41) is 15.5. The van der Waals surface area contributed by atoms with Crippen molar-refractivity contribution in [2.75, 3.05) is 32.8 Å². The molecule has 5 N–H and O–H groups in total. The number of hydrogen-bond donors (Lipinski definition) is 5. The molecule has 0 spiro atoms. The minimum absolute atomic E-state index is 0.00548. The Morgan fingerprint density at radius 3 is 2.29 bits per heavy atom. The molecule has 2 aromatic carbocycles. The van der Waals surface area contributed by atoms with Crippen LogP contribution >= 0.6 is 0 Å². The van der Waals surface area contributed by atoms with Crippen molar-refractivity contribution in [3.05, 3.63) is 59.7 Å². The van der Waals surface area contributed by atoms with E-state index in [1.165, 1.54) is 11.2 Å². The predicted molar refractivity (Wildman–Crippen MR) is 203 cm³/mol. The standard InChI is InChI=1S/C39H49N9O8/c1-2-40-35(51)26-15-13-25(14-16-26)22-41-37(53)44-42-23-27(18-21-49)43-36(52)33-12-7-19-47-34(50)17-20-46(39(55)48(33)47)45-38(54)56-24-32-30-10-5-3-8-28(30)29-9-4-6-11-31(29)32/h3-6,8-11,21,23,25-27,32-33H,2,7,12-20,22,24H2,1H3,(H,40,51)(H,43,52)(H,45,54)(H2,41,44,53)/b42-23+/t25-,26-,27-,33-/m0/s1. The Morgan fingerprint density at radius 2 is 1.61 bits per heavy atom. The first-order valence-electron chi connectivity index (χ1n) is 19.3. The van der Waals surface area contributed by atoms with Gasteiger partial charge in [0.05, 0.1) is 12.6 Å². The zero-order valence-electron chi connectivity index (χ0n) is 31.4. The highest BCUT2D eigenvalue weighted by molar-refractivity contribution is 5.92. The van der Waals surface area contributed by atoms with Gasteiger partial charge in [0.1, 0.15) is 18.9 Å². The molecular weight excluding hydrogens is 722 g/mol. The average Bonchev–Trinajstić information content (AvgIpc) is 3.47. The topological polar surface area (TPSA) is 211 Å². The number of hydrazone groups is 1. The lowest BCUT2D eigenvalue weighted by Gasteiger charge is -2.42. The van der Waals surface area contributed by atoms with Crippen molar-refractivity contribution < 1.29 is 38.3 Å². The molecule has 1 saturated carbocycles. The van der Waals surface area contributed by atoms with Gasteiger partial charge in [-0.15, -0.1) is 0 Å². The fraction of sp³-hybridized carbons (Fsp3) is 0.487. The second-order valence-electron chi connectivity index (χ2n) is 14.4. The lowest BCUT2D eigenvalue weighted by molar-refractivity contribution is -0.155. The van der Waals surface area contributed by atoms with Crippen molar-refractivity contribution in [1.29, 1.82) is 0 Å². The molecule has 0 aromatic heterocycles. The fourth-order valence-corrected chi connectivity index (χ4v) is 7.91. The second kappa shape index (κ2) is 18.6. The first-order chi connectivity index (χ1) is 27.2. The molecule has 8 amide bonds. The molecule has 17 nitrogen and oxygen atoms in total. The molecule has 2 atom stereocenters. The molecule has 6 rings (SSSR count). The van der Waals surface area contributed by atoms with Gasteiger partial charge in [0.2, 0.25) is 17.7 Å². The lowest BCUT2D eigenvalue weighted by atomic mass is 9.81. The van der Waals surface area contributed by atoms with Crippen molar-refractivity contribution >= 4 is 48.4 Å². The van der Waals surface area contributed by atoms with Gasteiger partial charge in [0, 0.05) is 50.5 Å². The molecule has 0 unspecified atom stereocenters. The number of hydrazine groups is 2. The predicted octanol–water partition coefficient (Wildman–Crippen LogP) is 2.78. The maximum atomic E-state index is 13.9. The van der Waals surface area contributed by atoms with Crippen LogP contribution in [-0.4, -0.2) is 108 Å². The number of fused-ring (bicyclic) bond motifs is 4. The molecule has 298 valence electrons. The van der Waals surface area contributed by atoms with E-state index in [0.29, 0.717) is 25.8 Å². The average molecular weight is 772 g/mol. The summed E-state index contributed by atoms with van der Waals surface area (Å²) in [7, 11) is 0. The number of hydrogen-bond acceptors (Lipinski definition) is 9. The van der Waals surface area contributed by atoms with Gasteiger partial charge in [-0.3, -0.25) is 14.4 Å². The van der Waals surface area contributed by atoms with Gasteiger partial charge in [0.15, 0.2) is 0 Å². The summed E-state index contributed by atoms with van der Waals surface area (Å²) < 4.78 is 5.63. The van der Waals surface area contributed by atoms with Gasteiger partial charge >= 0.3 is 18.2 Å². The molecule has 4 aliphatic rings. The Hall–Kier alpha value is -6.00. The largest absolute Gasteiger partial charge is 0.447 e. The number of benzene rings is 2. The quantitative estimate of drug-likeness (QED) is 0.116. The molecule has 2 aromatic rings. The first-order valence-corrected chi connectivity index (χ1v) is 19.3. The van der Waals surface area contributed by atoms with E-state index in [0.717, 1.165) is 58.0 Å². The van der Waals surface area contributed by atoms with Crippen LogP contribution < -0.4 is 26.8 Å². The van der Waals surface area contributed by atoms with Gasteiger partial charge in [-0.2, -0.15) is 5.10 Å². The van der Waals surface area contributed by atoms with Crippen LogP contribution in [0.3, 0.4) is 0 Å². The Balaban J connectivity index is 1.02. The highest BCUT2D eigenvalue weighted by atomic mass is 16.6. The fourth-order valence-electron chi connectivity index (χ4n) is 7.91. The highest BCUT2D eigenvalue weighted by Crippen LogP contribution is 2.44. The van der Waals surface area contributed by atoms with Crippen molar-refractivity contribution in [2.45, 2.75) is 76.3 Å². The molecule has 3 fully saturated rings.